The van der Waals surface area contributed by atoms with Crippen LogP contribution in [0.2, 0.25) is 0 Å². The lowest BCUT2D eigenvalue weighted by Crippen LogP contribution is -2.03. The number of ketones is 1. The van der Waals surface area contributed by atoms with Crippen LogP contribution in [0.3, 0.4) is 0 Å². The quantitative estimate of drug-likeness (QED) is 0.628. The highest BCUT2D eigenvalue weighted by molar-refractivity contribution is 7.07. The topological polar surface area (TPSA) is 17.1 Å². The van der Waals surface area contributed by atoms with Crippen molar-refractivity contribution in [3.63, 3.8) is 0 Å². The standard InChI is InChI=1S/C13H20OS/c1-3-4-5-6-12(9-11(2)14)13-7-8-15-10-13/h7-8,10,12H,3-6,9H2,1-2H3/t12-/m0/s1. The van der Waals surface area contributed by atoms with Gasteiger partial charge in [0.2, 0.25) is 0 Å². The molecule has 0 radical (unpaired) electrons. The maximum Gasteiger partial charge on any atom is 0.130 e. The van der Waals surface area contributed by atoms with Gasteiger partial charge in [0.05, 0.1) is 0 Å². The molecule has 0 saturated heterocycles. The second kappa shape index (κ2) is 6.78. The third-order valence-corrected chi connectivity index (χ3v) is 3.41. The molecule has 1 atom stereocenters. The van der Waals surface area contributed by atoms with E-state index in [-0.39, 0.29) is 0 Å². The van der Waals surface area contributed by atoms with Crippen LogP contribution in [-0.4, -0.2) is 5.78 Å². The summed E-state index contributed by atoms with van der Waals surface area (Å²) in [6.07, 6.45) is 5.63. The molecule has 0 unspecified atom stereocenters. The van der Waals surface area contributed by atoms with Gasteiger partial charge in [0.1, 0.15) is 5.78 Å². The highest BCUT2D eigenvalue weighted by Crippen LogP contribution is 2.27. The first-order chi connectivity index (χ1) is 7.24. The van der Waals surface area contributed by atoms with Gasteiger partial charge in [-0.1, -0.05) is 26.2 Å². The predicted molar refractivity (Wildman–Crippen MR) is 66.5 cm³/mol. The third kappa shape index (κ3) is 4.61. The zero-order valence-electron chi connectivity index (χ0n) is 9.66. The van der Waals surface area contributed by atoms with Crippen LogP contribution in [-0.2, 0) is 4.79 Å². The second-order valence-corrected chi connectivity index (χ2v) is 4.94. The summed E-state index contributed by atoms with van der Waals surface area (Å²) >= 11 is 1.72. The molecule has 0 fully saturated rings. The average molecular weight is 224 g/mol. The third-order valence-electron chi connectivity index (χ3n) is 2.70. The normalized spacial score (nSPS) is 12.7. The highest BCUT2D eigenvalue weighted by atomic mass is 32.1. The van der Waals surface area contributed by atoms with Gasteiger partial charge < -0.3 is 4.79 Å². The molecule has 0 amide bonds. The molecule has 0 aromatic carbocycles. The van der Waals surface area contributed by atoms with Crippen molar-refractivity contribution in [2.24, 2.45) is 0 Å². The van der Waals surface area contributed by atoms with Crippen molar-refractivity contribution in [1.82, 2.24) is 0 Å². The summed E-state index contributed by atoms with van der Waals surface area (Å²) in [5.41, 5.74) is 1.35. The molecule has 1 heterocycles. The largest absolute Gasteiger partial charge is 0.300 e. The number of Topliss-reactive ketones (excluding diaryl/α,β-unsaturated/α-hetero) is 1. The van der Waals surface area contributed by atoms with Gasteiger partial charge in [0.25, 0.3) is 0 Å². The Morgan fingerprint density at radius 3 is 2.80 bits per heavy atom. The number of hydrogen-bond donors (Lipinski definition) is 0. The van der Waals surface area contributed by atoms with Crippen molar-refractivity contribution >= 4 is 17.1 Å². The predicted octanol–water partition coefficient (Wildman–Crippen LogP) is 4.39. The maximum atomic E-state index is 11.2. The van der Waals surface area contributed by atoms with E-state index in [4.69, 9.17) is 0 Å². The molecule has 15 heavy (non-hydrogen) atoms. The lowest BCUT2D eigenvalue weighted by molar-refractivity contribution is -0.117. The summed E-state index contributed by atoms with van der Waals surface area (Å²) in [4.78, 5) is 11.2. The molecule has 1 aromatic heterocycles. The van der Waals surface area contributed by atoms with Crippen LogP contribution < -0.4 is 0 Å². The summed E-state index contributed by atoms with van der Waals surface area (Å²) in [6.45, 7) is 3.91. The van der Waals surface area contributed by atoms with E-state index in [9.17, 15) is 4.79 Å². The molecule has 2 heteroatoms. The van der Waals surface area contributed by atoms with E-state index in [1.165, 1.54) is 24.8 Å². The second-order valence-electron chi connectivity index (χ2n) is 4.16. The molecule has 0 spiro atoms. The van der Waals surface area contributed by atoms with Crippen molar-refractivity contribution < 1.29 is 4.79 Å². The minimum absolute atomic E-state index is 0.308. The fraction of sp³-hybridized carbons (Fsp3) is 0.615. The van der Waals surface area contributed by atoms with Crippen LogP contribution in [0.5, 0.6) is 0 Å². The molecule has 0 aliphatic heterocycles. The fourth-order valence-corrected chi connectivity index (χ4v) is 2.62. The highest BCUT2D eigenvalue weighted by Gasteiger charge is 2.13. The number of carbonyl (C=O) groups is 1. The minimum Gasteiger partial charge on any atom is -0.300 e. The Hall–Kier alpha value is -0.630. The Bertz CT molecular complexity index is 277. The Morgan fingerprint density at radius 1 is 1.47 bits per heavy atom. The van der Waals surface area contributed by atoms with Crippen LogP contribution in [0.15, 0.2) is 16.8 Å². The summed E-state index contributed by atoms with van der Waals surface area (Å²) in [7, 11) is 0. The lowest BCUT2D eigenvalue weighted by atomic mass is 9.91. The molecule has 0 aliphatic rings. The number of hydrogen-bond acceptors (Lipinski definition) is 2. The summed E-state index contributed by atoms with van der Waals surface area (Å²) in [6, 6.07) is 2.16. The van der Waals surface area contributed by atoms with E-state index in [2.05, 4.69) is 23.8 Å². The van der Waals surface area contributed by atoms with Crippen LogP contribution in [0.25, 0.3) is 0 Å². The average Bonchev–Trinajstić information content (AvgIpc) is 2.68. The Labute approximate surface area is 96.5 Å². The van der Waals surface area contributed by atoms with Crippen LogP contribution in [0.4, 0.5) is 0 Å². The Morgan fingerprint density at radius 2 is 2.27 bits per heavy atom. The molecule has 0 bridgehead atoms. The van der Waals surface area contributed by atoms with E-state index < -0.39 is 0 Å². The van der Waals surface area contributed by atoms with Crippen molar-refractivity contribution in [3.05, 3.63) is 22.4 Å². The first kappa shape index (κ1) is 12.4. The van der Waals surface area contributed by atoms with Gasteiger partial charge in [0.15, 0.2) is 0 Å². The van der Waals surface area contributed by atoms with Gasteiger partial charge >= 0.3 is 0 Å². The van der Waals surface area contributed by atoms with E-state index in [1.54, 1.807) is 18.3 Å². The molecule has 0 N–H and O–H groups in total. The number of carbonyl (C=O) groups excluding carboxylic acids is 1. The summed E-state index contributed by atoms with van der Waals surface area (Å²) in [5.74, 6) is 0.767. The molecular formula is C13H20OS. The smallest absolute Gasteiger partial charge is 0.130 e. The number of rotatable bonds is 7. The summed E-state index contributed by atoms with van der Waals surface area (Å²) in [5, 5.41) is 4.28. The molecule has 1 rings (SSSR count). The Kier molecular flexibility index (Phi) is 5.62. The first-order valence-corrected chi connectivity index (χ1v) is 6.69. The molecule has 84 valence electrons. The summed E-state index contributed by atoms with van der Waals surface area (Å²) < 4.78 is 0. The van der Waals surface area contributed by atoms with Crippen molar-refractivity contribution in [1.29, 1.82) is 0 Å². The van der Waals surface area contributed by atoms with Crippen molar-refractivity contribution in [2.75, 3.05) is 0 Å². The van der Waals surface area contributed by atoms with Gasteiger partial charge in [-0.3, -0.25) is 0 Å². The van der Waals surface area contributed by atoms with E-state index in [1.807, 2.05) is 0 Å². The molecular weight excluding hydrogens is 204 g/mol. The van der Waals surface area contributed by atoms with Gasteiger partial charge in [0, 0.05) is 6.42 Å². The zero-order valence-corrected chi connectivity index (χ0v) is 10.5. The molecule has 0 aliphatic carbocycles. The van der Waals surface area contributed by atoms with Gasteiger partial charge in [-0.05, 0) is 41.7 Å². The monoisotopic (exact) mass is 224 g/mol. The number of thiophene rings is 1. The van der Waals surface area contributed by atoms with Gasteiger partial charge in [-0.2, -0.15) is 11.3 Å². The maximum absolute atomic E-state index is 11.2. The van der Waals surface area contributed by atoms with Crippen LogP contribution in [0, 0.1) is 0 Å². The fourth-order valence-electron chi connectivity index (χ4n) is 1.88. The van der Waals surface area contributed by atoms with Crippen molar-refractivity contribution in [3.8, 4) is 0 Å². The van der Waals surface area contributed by atoms with Crippen LogP contribution in [0.1, 0.15) is 57.4 Å². The molecule has 1 aromatic rings. The van der Waals surface area contributed by atoms with Gasteiger partial charge in [-0.15, -0.1) is 0 Å². The van der Waals surface area contributed by atoms with E-state index in [0.29, 0.717) is 18.1 Å². The van der Waals surface area contributed by atoms with Gasteiger partial charge in [-0.25, -0.2) is 0 Å². The molecule has 0 saturated carbocycles. The van der Waals surface area contributed by atoms with E-state index in [0.717, 1.165) is 6.42 Å². The molecule has 1 nitrogen and oxygen atoms in total. The lowest BCUT2D eigenvalue weighted by Gasteiger charge is -2.13. The van der Waals surface area contributed by atoms with Crippen molar-refractivity contribution in [2.45, 2.75) is 51.9 Å². The van der Waals surface area contributed by atoms with Crippen LogP contribution >= 0.6 is 11.3 Å². The Balaban J connectivity index is 2.50. The van der Waals surface area contributed by atoms with E-state index >= 15 is 0 Å². The SMILES string of the molecule is CCCCC[C@@H](CC(C)=O)c1ccsc1. The minimum atomic E-state index is 0.308. The number of unbranched alkanes of at least 4 members (excludes halogenated alkanes) is 2. The zero-order chi connectivity index (χ0) is 11.1. The first-order valence-electron chi connectivity index (χ1n) is 5.75.